The lowest BCUT2D eigenvalue weighted by atomic mass is 10.1. The van der Waals surface area contributed by atoms with Gasteiger partial charge in [-0.05, 0) is 17.7 Å². The number of hydrogen-bond acceptors (Lipinski definition) is 6. The second-order valence-electron chi connectivity index (χ2n) is 6.05. The van der Waals surface area contributed by atoms with Gasteiger partial charge >= 0.3 is 11.9 Å². The molecule has 0 radical (unpaired) electrons. The molecule has 0 fully saturated rings. The Hall–Kier alpha value is -3.63. The largest absolute Gasteiger partial charge is 0.473 e. The van der Waals surface area contributed by atoms with Gasteiger partial charge < -0.3 is 20.1 Å². The Morgan fingerprint density at radius 2 is 1.81 bits per heavy atom. The molecule has 2 aromatic carbocycles. The smallest absolute Gasteiger partial charge is 0.414 e. The molecule has 0 aliphatic heterocycles. The van der Waals surface area contributed by atoms with Crippen molar-refractivity contribution in [3.8, 4) is 11.3 Å². The van der Waals surface area contributed by atoms with Crippen molar-refractivity contribution in [1.82, 2.24) is 9.55 Å². The summed E-state index contributed by atoms with van der Waals surface area (Å²) in [6.07, 6.45) is 1.68. The van der Waals surface area contributed by atoms with Gasteiger partial charge in [0, 0.05) is 31.3 Å². The lowest BCUT2D eigenvalue weighted by Crippen LogP contribution is -2.09. The van der Waals surface area contributed by atoms with Crippen molar-refractivity contribution in [2.45, 2.75) is 6.54 Å². The fourth-order valence-corrected chi connectivity index (χ4v) is 2.77. The Bertz CT molecular complexity index is 1120. The highest BCUT2D eigenvalue weighted by Crippen LogP contribution is 2.26. The van der Waals surface area contributed by atoms with E-state index in [4.69, 9.17) is 43.0 Å². The van der Waals surface area contributed by atoms with Crippen LogP contribution in [0.3, 0.4) is 0 Å². The molecule has 162 valence electrons. The zero-order valence-electron chi connectivity index (χ0n) is 16.0. The first-order valence-corrected chi connectivity index (χ1v) is 9.26. The van der Waals surface area contributed by atoms with Gasteiger partial charge in [-0.25, -0.2) is 14.6 Å². The van der Waals surface area contributed by atoms with Crippen LogP contribution in [0.25, 0.3) is 11.3 Å². The third-order valence-corrected chi connectivity index (χ3v) is 4.70. The molecule has 3 rings (SSSR count). The van der Waals surface area contributed by atoms with Crippen LogP contribution < -0.4 is 5.32 Å². The van der Waals surface area contributed by atoms with Crippen molar-refractivity contribution in [3.63, 3.8) is 0 Å². The van der Waals surface area contributed by atoms with Gasteiger partial charge in [-0.2, -0.15) is 0 Å². The van der Waals surface area contributed by atoms with E-state index in [2.05, 4.69) is 10.3 Å². The molecule has 3 N–H and O–H groups in total. The van der Waals surface area contributed by atoms with Gasteiger partial charge in [0.25, 0.3) is 5.69 Å². The van der Waals surface area contributed by atoms with Crippen LogP contribution in [0.2, 0.25) is 10.0 Å². The zero-order valence-corrected chi connectivity index (χ0v) is 17.5. The molecule has 0 aliphatic rings. The Labute approximate surface area is 185 Å². The molecule has 0 spiro atoms. The van der Waals surface area contributed by atoms with Gasteiger partial charge in [0.1, 0.15) is 0 Å². The molecule has 1 heterocycles. The van der Waals surface area contributed by atoms with E-state index in [-0.39, 0.29) is 5.69 Å². The summed E-state index contributed by atoms with van der Waals surface area (Å²) in [4.78, 5) is 33.1. The molecule has 3 aromatic rings. The number of nitrogens with zero attached hydrogens (tertiary/aromatic N) is 3. The number of anilines is 1. The second-order valence-corrected chi connectivity index (χ2v) is 6.86. The average molecular weight is 467 g/mol. The topological polar surface area (TPSA) is 148 Å². The first-order valence-electron chi connectivity index (χ1n) is 8.50. The highest BCUT2D eigenvalue weighted by atomic mass is 35.5. The van der Waals surface area contributed by atoms with Gasteiger partial charge in [-0.3, -0.25) is 10.1 Å². The number of benzene rings is 2. The van der Waals surface area contributed by atoms with Crippen LogP contribution in [0, 0.1) is 10.1 Å². The predicted molar refractivity (Wildman–Crippen MR) is 114 cm³/mol. The molecule has 10 nitrogen and oxygen atoms in total. The number of carbonyl (C=O) groups is 2. The van der Waals surface area contributed by atoms with E-state index in [1.54, 1.807) is 24.4 Å². The Kier molecular flexibility index (Phi) is 7.94. The van der Waals surface area contributed by atoms with Crippen LogP contribution in [0.1, 0.15) is 5.56 Å². The maximum absolute atomic E-state index is 10.9. The van der Waals surface area contributed by atoms with Crippen molar-refractivity contribution in [3.05, 3.63) is 74.4 Å². The van der Waals surface area contributed by atoms with E-state index < -0.39 is 16.9 Å². The molecule has 0 bridgehead atoms. The number of aliphatic carboxylic acids is 2. The van der Waals surface area contributed by atoms with E-state index in [0.29, 0.717) is 22.5 Å². The molecular weight excluding hydrogens is 451 g/mol. The van der Waals surface area contributed by atoms with Gasteiger partial charge in [0.05, 0.1) is 26.9 Å². The van der Waals surface area contributed by atoms with Crippen molar-refractivity contribution >= 4 is 46.8 Å². The van der Waals surface area contributed by atoms with Crippen molar-refractivity contribution < 1.29 is 24.7 Å². The number of nitro groups is 1. The number of hydrogen-bond donors (Lipinski definition) is 3. The quantitative estimate of drug-likeness (QED) is 0.289. The number of non-ortho nitro benzene ring substituents is 1. The lowest BCUT2D eigenvalue weighted by Gasteiger charge is -2.09. The predicted octanol–water partition coefficient (Wildman–Crippen LogP) is 4.07. The van der Waals surface area contributed by atoms with E-state index in [9.17, 15) is 10.1 Å². The molecule has 31 heavy (non-hydrogen) atoms. The number of imidazole rings is 1. The number of nitrogens with one attached hydrogen (secondary N) is 1. The maximum atomic E-state index is 10.9. The molecule has 1 aromatic heterocycles. The molecule has 12 heteroatoms. The van der Waals surface area contributed by atoms with Crippen LogP contribution in [0.4, 0.5) is 11.6 Å². The molecule has 0 saturated carbocycles. The summed E-state index contributed by atoms with van der Waals surface area (Å²) in [5.41, 5.74) is 2.52. The zero-order chi connectivity index (χ0) is 23.1. The second kappa shape index (κ2) is 10.4. The van der Waals surface area contributed by atoms with E-state index >= 15 is 0 Å². The third-order valence-electron chi connectivity index (χ3n) is 3.96. The van der Waals surface area contributed by atoms with Crippen LogP contribution in [-0.4, -0.2) is 36.6 Å². The molecular formula is C19H16Cl2N4O6. The Balaban J connectivity index is 0.000000501. The maximum Gasteiger partial charge on any atom is 0.414 e. The standard InChI is InChI=1S/C17H14Cl2N4O2.C2H2O4/c1-22-16(12-3-2-4-13(8-12)23(24)25)10-21-17(22)20-9-11-5-6-14(18)15(19)7-11;3-1(4)2(5)6/h2-8,10H,9H2,1H3,(H,20,21);(H,3,4)(H,5,6). The summed E-state index contributed by atoms with van der Waals surface area (Å²) in [5, 5.41) is 29.9. The summed E-state index contributed by atoms with van der Waals surface area (Å²) in [6, 6.07) is 11.9. The number of aromatic nitrogens is 2. The number of carboxylic acids is 2. The molecule has 0 aliphatic carbocycles. The molecule has 0 amide bonds. The van der Waals surface area contributed by atoms with Gasteiger partial charge in [-0.15, -0.1) is 0 Å². The number of carboxylic acid groups (broad SMARTS) is 2. The van der Waals surface area contributed by atoms with E-state index in [1.165, 1.54) is 12.1 Å². The van der Waals surface area contributed by atoms with Crippen LogP contribution in [0.15, 0.2) is 48.7 Å². The van der Waals surface area contributed by atoms with Gasteiger partial charge in [-0.1, -0.05) is 41.4 Å². The van der Waals surface area contributed by atoms with Crippen LogP contribution >= 0.6 is 23.2 Å². The minimum atomic E-state index is -1.82. The van der Waals surface area contributed by atoms with Crippen molar-refractivity contribution in [2.75, 3.05) is 5.32 Å². The lowest BCUT2D eigenvalue weighted by molar-refractivity contribution is -0.384. The van der Waals surface area contributed by atoms with E-state index in [1.807, 2.05) is 23.7 Å². The average Bonchev–Trinajstić information content (AvgIpc) is 3.09. The van der Waals surface area contributed by atoms with Crippen molar-refractivity contribution in [1.29, 1.82) is 0 Å². The molecule has 0 unspecified atom stereocenters. The van der Waals surface area contributed by atoms with Gasteiger partial charge in [0.2, 0.25) is 5.95 Å². The van der Waals surface area contributed by atoms with Crippen LogP contribution in [0.5, 0.6) is 0 Å². The highest BCUT2D eigenvalue weighted by molar-refractivity contribution is 6.42. The first kappa shape index (κ1) is 23.6. The Morgan fingerprint density at radius 1 is 1.13 bits per heavy atom. The SMILES string of the molecule is Cn1c(-c2cccc([N+](=O)[O-])c2)cnc1NCc1ccc(Cl)c(Cl)c1.O=C(O)C(=O)O. The number of halogens is 2. The molecule has 0 atom stereocenters. The summed E-state index contributed by atoms with van der Waals surface area (Å²) in [7, 11) is 1.85. The summed E-state index contributed by atoms with van der Waals surface area (Å²) in [5.74, 6) is -3.00. The fourth-order valence-electron chi connectivity index (χ4n) is 2.45. The minimum Gasteiger partial charge on any atom is -0.473 e. The number of rotatable bonds is 5. The highest BCUT2D eigenvalue weighted by Gasteiger charge is 2.12. The molecule has 0 saturated heterocycles. The van der Waals surface area contributed by atoms with Gasteiger partial charge in [0.15, 0.2) is 0 Å². The Morgan fingerprint density at radius 3 is 2.39 bits per heavy atom. The normalized spacial score (nSPS) is 10.0. The van der Waals surface area contributed by atoms with Crippen molar-refractivity contribution in [2.24, 2.45) is 7.05 Å². The monoisotopic (exact) mass is 466 g/mol. The minimum absolute atomic E-state index is 0.0454. The van der Waals surface area contributed by atoms with Crippen LogP contribution in [-0.2, 0) is 23.2 Å². The number of nitro benzene ring substituents is 1. The third kappa shape index (κ3) is 6.43. The fraction of sp³-hybridized carbons (Fsp3) is 0.105. The summed E-state index contributed by atoms with van der Waals surface area (Å²) in [6.45, 7) is 0.524. The van der Waals surface area contributed by atoms with E-state index in [0.717, 1.165) is 16.8 Å². The summed E-state index contributed by atoms with van der Waals surface area (Å²) < 4.78 is 1.84. The summed E-state index contributed by atoms with van der Waals surface area (Å²) >= 11 is 11.9. The first-order chi connectivity index (χ1) is 14.6.